The van der Waals surface area contributed by atoms with Crippen LogP contribution in [0.3, 0.4) is 0 Å². The SMILES string of the molecule is CCN(Cc1ccc(C(N)=O)cc1)C1CCN(Cc2ccccc2)C1. The average Bonchev–Trinajstić information content (AvgIpc) is 3.09. The van der Waals surface area contributed by atoms with Gasteiger partial charge in [-0.1, -0.05) is 49.4 Å². The number of hydrogen-bond donors (Lipinski definition) is 1. The number of carbonyl (C=O) groups is 1. The molecule has 0 saturated carbocycles. The third kappa shape index (κ3) is 4.68. The van der Waals surface area contributed by atoms with Gasteiger partial charge in [0, 0.05) is 37.8 Å². The Hall–Kier alpha value is -2.17. The summed E-state index contributed by atoms with van der Waals surface area (Å²) in [5.74, 6) is -0.369. The van der Waals surface area contributed by atoms with Gasteiger partial charge in [-0.25, -0.2) is 0 Å². The first-order valence-corrected chi connectivity index (χ1v) is 9.04. The van der Waals surface area contributed by atoms with Crippen LogP contribution in [0.2, 0.25) is 0 Å². The number of nitrogens with zero attached hydrogens (tertiary/aromatic N) is 2. The van der Waals surface area contributed by atoms with Crippen molar-refractivity contribution in [2.75, 3.05) is 19.6 Å². The summed E-state index contributed by atoms with van der Waals surface area (Å²) in [5.41, 5.74) is 8.50. The van der Waals surface area contributed by atoms with E-state index >= 15 is 0 Å². The molecule has 0 aromatic heterocycles. The number of hydrogen-bond acceptors (Lipinski definition) is 3. The quantitative estimate of drug-likeness (QED) is 0.845. The second-order valence-electron chi connectivity index (χ2n) is 6.79. The highest BCUT2D eigenvalue weighted by Gasteiger charge is 2.26. The molecule has 0 aliphatic carbocycles. The van der Waals surface area contributed by atoms with Crippen LogP contribution in [0.5, 0.6) is 0 Å². The van der Waals surface area contributed by atoms with E-state index in [-0.39, 0.29) is 5.91 Å². The molecule has 1 unspecified atom stereocenters. The molecule has 0 radical (unpaired) electrons. The van der Waals surface area contributed by atoms with Crippen molar-refractivity contribution in [3.8, 4) is 0 Å². The highest BCUT2D eigenvalue weighted by atomic mass is 16.1. The number of primary amides is 1. The average molecular weight is 337 g/mol. The molecular formula is C21H27N3O. The van der Waals surface area contributed by atoms with Crippen molar-refractivity contribution in [1.82, 2.24) is 9.80 Å². The van der Waals surface area contributed by atoms with E-state index in [1.165, 1.54) is 17.5 Å². The van der Waals surface area contributed by atoms with Crippen LogP contribution in [0.1, 0.15) is 34.8 Å². The molecular weight excluding hydrogens is 310 g/mol. The lowest BCUT2D eigenvalue weighted by Gasteiger charge is -2.28. The zero-order valence-corrected chi connectivity index (χ0v) is 14.9. The van der Waals surface area contributed by atoms with Gasteiger partial charge >= 0.3 is 0 Å². The van der Waals surface area contributed by atoms with Gasteiger partial charge in [-0.15, -0.1) is 0 Å². The number of amides is 1. The molecule has 2 N–H and O–H groups in total. The Morgan fingerprint density at radius 3 is 2.48 bits per heavy atom. The van der Waals surface area contributed by atoms with Crippen LogP contribution in [0, 0.1) is 0 Å². The maximum Gasteiger partial charge on any atom is 0.248 e. The fraction of sp³-hybridized carbons (Fsp3) is 0.381. The topological polar surface area (TPSA) is 49.6 Å². The second-order valence-corrected chi connectivity index (χ2v) is 6.79. The van der Waals surface area contributed by atoms with Crippen LogP contribution in [0.15, 0.2) is 54.6 Å². The number of likely N-dealkylation sites (tertiary alicyclic amines) is 1. The molecule has 1 atom stereocenters. The Kier molecular flexibility index (Phi) is 5.84. The number of likely N-dealkylation sites (N-methyl/N-ethyl adjacent to an activating group) is 1. The summed E-state index contributed by atoms with van der Waals surface area (Å²) in [7, 11) is 0. The second kappa shape index (κ2) is 8.28. The molecule has 4 heteroatoms. The van der Waals surface area contributed by atoms with Crippen LogP contribution in [0.4, 0.5) is 0 Å². The molecule has 0 bridgehead atoms. The van der Waals surface area contributed by atoms with Crippen molar-refractivity contribution in [3.63, 3.8) is 0 Å². The minimum atomic E-state index is -0.369. The first-order valence-electron chi connectivity index (χ1n) is 9.04. The maximum absolute atomic E-state index is 11.2. The molecule has 0 spiro atoms. The molecule has 1 aliphatic heterocycles. The summed E-state index contributed by atoms with van der Waals surface area (Å²) < 4.78 is 0. The lowest BCUT2D eigenvalue weighted by molar-refractivity contribution is 0.1000. The monoisotopic (exact) mass is 337 g/mol. The van der Waals surface area contributed by atoms with E-state index in [1.807, 2.05) is 24.3 Å². The van der Waals surface area contributed by atoms with E-state index in [0.29, 0.717) is 11.6 Å². The predicted molar refractivity (Wildman–Crippen MR) is 101 cm³/mol. The fourth-order valence-electron chi connectivity index (χ4n) is 3.60. The molecule has 1 heterocycles. The minimum absolute atomic E-state index is 0.369. The van der Waals surface area contributed by atoms with Gasteiger partial charge in [0.05, 0.1) is 0 Å². The Morgan fingerprint density at radius 1 is 1.12 bits per heavy atom. The molecule has 1 aliphatic rings. The summed E-state index contributed by atoms with van der Waals surface area (Å²) in [6.45, 7) is 7.46. The van der Waals surface area contributed by atoms with E-state index in [4.69, 9.17) is 5.73 Å². The van der Waals surface area contributed by atoms with Gasteiger partial charge in [0.25, 0.3) is 0 Å². The highest BCUT2D eigenvalue weighted by Crippen LogP contribution is 2.20. The van der Waals surface area contributed by atoms with Gasteiger partial charge in [-0.3, -0.25) is 14.6 Å². The third-order valence-electron chi connectivity index (χ3n) is 5.04. The van der Waals surface area contributed by atoms with Gasteiger partial charge in [0.1, 0.15) is 0 Å². The predicted octanol–water partition coefficient (Wildman–Crippen LogP) is 2.88. The lowest BCUT2D eigenvalue weighted by atomic mass is 10.1. The maximum atomic E-state index is 11.2. The fourth-order valence-corrected chi connectivity index (χ4v) is 3.60. The van der Waals surface area contributed by atoms with Crippen molar-refractivity contribution >= 4 is 5.91 Å². The summed E-state index contributed by atoms with van der Waals surface area (Å²) in [4.78, 5) is 16.3. The first-order chi connectivity index (χ1) is 12.2. The van der Waals surface area contributed by atoms with Crippen LogP contribution in [-0.2, 0) is 13.1 Å². The van der Waals surface area contributed by atoms with Gasteiger partial charge in [0.15, 0.2) is 0 Å². The Morgan fingerprint density at radius 2 is 1.84 bits per heavy atom. The number of rotatable bonds is 7. The zero-order valence-electron chi connectivity index (χ0n) is 14.9. The Labute approximate surface area is 150 Å². The van der Waals surface area contributed by atoms with Gasteiger partial charge in [-0.2, -0.15) is 0 Å². The number of benzene rings is 2. The van der Waals surface area contributed by atoms with E-state index in [2.05, 4.69) is 47.1 Å². The number of carbonyl (C=O) groups excluding carboxylic acids is 1. The van der Waals surface area contributed by atoms with Gasteiger partial charge < -0.3 is 5.73 Å². The molecule has 1 amide bonds. The molecule has 132 valence electrons. The van der Waals surface area contributed by atoms with E-state index in [0.717, 1.165) is 32.7 Å². The third-order valence-corrected chi connectivity index (χ3v) is 5.04. The van der Waals surface area contributed by atoms with Crippen LogP contribution in [-0.4, -0.2) is 41.4 Å². The van der Waals surface area contributed by atoms with Crippen LogP contribution >= 0.6 is 0 Å². The summed E-state index contributed by atoms with van der Waals surface area (Å²) >= 11 is 0. The standard InChI is InChI=1S/C21H27N3O/c1-2-24(15-18-8-10-19(11-9-18)21(22)25)20-12-13-23(16-20)14-17-6-4-3-5-7-17/h3-11,20H,2,12-16H2,1H3,(H2,22,25). The lowest BCUT2D eigenvalue weighted by Crippen LogP contribution is -2.36. The minimum Gasteiger partial charge on any atom is -0.366 e. The van der Waals surface area contributed by atoms with Crippen molar-refractivity contribution in [1.29, 1.82) is 0 Å². The van der Waals surface area contributed by atoms with Crippen molar-refractivity contribution in [2.45, 2.75) is 32.5 Å². The van der Waals surface area contributed by atoms with Crippen molar-refractivity contribution < 1.29 is 4.79 Å². The normalized spacial score (nSPS) is 17.9. The molecule has 3 rings (SSSR count). The first kappa shape index (κ1) is 17.6. The van der Waals surface area contributed by atoms with Crippen molar-refractivity contribution in [2.24, 2.45) is 5.73 Å². The highest BCUT2D eigenvalue weighted by molar-refractivity contribution is 5.92. The largest absolute Gasteiger partial charge is 0.366 e. The molecule has 4 nitrogen and oxygen atoms in total. The smallest absolute Gasteiger partial charge is 0.248 e. The molecule has 1 saturated heterocycles. The number of nitrogens with two attached hydrogens (primary N) is 1. The molecule has 2 aromatic rings. The molecule has 2 aromatic carbocycles. The van der Waals surface area contributed by atoms with Crippen LogP contribution in [0.25, 0.3) is 0 Å². The summed E-state index contributed by atoms with van der Waals surface area (Å²) in [6, 6.07) is 18.9. The summed E-state index contributed by atoms with van der Waals surface area (Å²) in [6.07, 6.45) is 1.21. The van der Waals surface area contributed by atoms with E-state index < -0.39 is 0 Å². The Balaban J connectivity index is 1.57. The van der Waals surface area contributed by atoms with Crippen molar-refractivity contribution in [3.05, 3.63) is 71.3 Å². The van der Waals surface area contributed by atoms with Crippen LogP contribution < -0.4 is 5.73 Å². The Bertz CT molecular complexity index is 684. The van der Waals surface area contributed by atoms with Gasteiger partial charge in [-0.05, 0) is 36.2 Å². The van der Waals surface area contributed by atoms with E-state index in [1.54, 1.807) is 0 Å². The molecule has 1 fully saturated rings. The van der Waals surface area contributed by atoms with E-state index in [9.17, 15) is 4.79 Å². The van der Waals surface area contributed by atoms with Gasteiger partial charge in [0.2, 0.25) is 5.91 Å². The summed E-state index contributed by atoms with van der Waals surface area (Å²) in [5, 5.41) is 0. The zero-order chi connectivity index (χ0) is 17.6. The molecule has 25 heavy (non-hydrogen) atoms.